The van der Waals surface area contributed by atoms with Crippen molar-refractivity contribution in [1.82, 2.24) is 14.8 Å². The largest absolute Gasteiger partial charge is 0.441 e. The minimum Gasteiger partial charge on any atom is -0.441 e. The summed E-state index contributed by atoms with van der Waals surface area (Å²) in [6.07, 6.45) is 6.81. The normalized spacial score (nSPS) is 22.2. The molecule has 0 atom stereocenters. The van der Waals surface area contributed by atoms with E-state index in [-0.39, 0.29) is 24.3 Å². The van der Waals surface area contributed by atoms with Crippen LogP contribution in [0.5, 0.6) is 0 Å². The van der Waals surface area contributed by atoms with E-state index in [0.717, 1.165) is 49.4 Å². The maximum absolute atomic E-state index is 14.0. The lowest BCUT2D eigenvalue weighted by molar-refractivity contribution is 0.0148. The van der Waals surface area contributed by atoms with E-state index in [9.17, 15) is 9.18 Å². The molecule has 1 aliphatic carbocycles. The summed E-state index contributed by atoms with van der Waals surface area (Å²) < 4.78 is 21.4. The Morgan fingerprint density at radius 2 is 1.91 bits per heavy atom. The molecule has 174 valence electrons. The van der Waals surface area contributed by atoms with Gasteiger partial charge in [0.05, 0.1) is 17.9 Å². The van der Waals surface area contributed by atoms with E-state index < -0.39 is 5.60 Å². The lowest BCUT2D eigenvalue weighted by Crippen LogP contribution is -2.39. The van der Waals surface area contributed by atoms with Gasteiger partial charge in [-0.05, 0) is 62.8 Å². The smallest absolute Gasteiger partial charge is 0.415 e. The number of hydrogen-bond acceptors (Lipinski definition) is 5. The van der Waals surface area contributed by atoms with Crippen LogP contribution in [0.1, 0.15) is 31.4 Å². The number of carbonyl (C=O) groups excluding carboxylic acids is 1. The monoisotopic (exact) mass is 471 g/mol. The predicted molar refractivity (Wildman–Crippen MR) is 127 cm³/mol. The summed E-state index contributed by atoms with van der Waals surface area (Å²) in [6, 6.07) is 12.2. The lowest BCUT2D eigenvalue weighted by atomic mass is 9.78. The molecule has 1 amide bonds. The number of rotatable bonds is 5. The van der Waals surface area contributed by atoms with Crippen LogP contribution in [-0.2, 0) is 4.74 Å². The summed E-state index contributed by atoms with van der Waals surface area (Å²) in [5.74, 6) is 0.882. The molecule has 1 aliphatic heterocycles. The van der Waals surface area contributed by atoms with Crippen molar-refractivity contribution in [1.29, 1.82) is 0 Å². The number of para-hydroxylation sites is 1. The van der Waals surface area contributed by atoms with E-state index in [1.165, 1.54) is 6.07 Å². The van der Waals surface area contributed by atoms with Crippen molar-refractivity contribution in [3.8, 4) is 5.69 Å². The SMILES string of the molecule is Cc1ncccc1N1C[C@]2(CC[C@@H](CNc3ccn(-c4ccccc4F)n3)CC2)OC1=O.Cl. The first-order chi connectivity index (χ1) is 15.5. The Morgan fingerprint density at radius 1 is 1.15 bits per heavy atom. The van der Waals surface area contributed by atoms with Crippen molar-refractivity contribution < 1.29 is 13.9 Å². The van der Waals surface area contributed by atoms with E-state index in [4.69, 9.17) is 4.74 Å². The summed E-state index contributed by atoms with van der Waals surface area (Å²) >= 11 is 0. The minimum absolute atomic E-state index is 0. The van der Waals surface area contributed by atoms with Gasteiger partial charge in [-0.25, -0.2) is 13.9 Å². The van der Waals surface area contributed by atoms with Gasteiger partial charge in [-0.1, -0.05) is 12.1 Å². The fraction of sp³-hybridized carbons (Fsp3) is 0.375. The van der Waals surface area contributed by atoms with Crippen molar-refractivity contribution >= 4 is 30.0 Å². The maximum atomic E-state index is 14.0. The van der Waals surface area contributed by atoms with Crippen LogP contribution in [0.4, 0.5) is 20.7 Å². The minimum atomic E-state index is -0.414. The van der Waals surface area contributed by atoms with Gasteiger partial charge in [0.2, 0.25) is 0 Å². The molecule has 3 aromatic rings. The average Bonchev–Trinajstić information content (AvgIpc) is 3.39. The summed E-state index contributed by atoms with van der Waals surface area (Å²) in [4.78, 5) is 18.6. The highest BCUT2D eigenvalue weighted by Crippen LogP contribution is 2.41. The van der Waals surface area contributed by atoms with Crippen LogP contribution in [0.25, 0.3) is 5.69 Å². The van der Waals surface area contributed by atoms with Gasteiger partial charge in [0.15, 0.2) is 0 Å². The number of nitrogens with one attached hydrogen (secondary N) is 1. The van der Waals surface area contributed by atoms with E-state index in [0.29, 0.717) is 18.2 Å². The molecule has 0 bridgehead atoms. The lowest BCUT2D eigenvalue weighted by Gasteiger charge is -2.35. The van der Waals surface area contributed by atoms with Crippen molar-refractivity contribution in [2.75, 3.05) is 23.3 Å². The molecule has 0 radical (unpaired) electrons. The summed E-state index contributed by atoms with van der Waals surface area (Å²) in [7, 11) is 0. The molecule has 7 nitrogen and oxygen atoms in total. The highest BCUT2D eigenvalue weighted by Gasteiger charge is 2.47. The van der Waals surface area contributed by atoms with Gasteiger partial charge in [-0.15, -0.1) is 12.4 Å². The van der Waals surface area contributed by atoms with Gasteiger partial charge in [-0.2, -0.15) is 5.10 Å². The number of amides is 1. The number of aromatic nitrogens is 3. The van der Waals surface area contributed by atoms with Gasteiger partial charge >= 0.3 is 6.09 Å². The summed E-state index contributed by atoms with van der Waals surface area (Å²) in [6.45, 7) is 3.26. The average molecular weight is 472 g/mol. The van der Waals surface area contributed by atoms with Crippen LogP contribution in [-0.4, -0.2) is 39.5 Å². The molecule has 0 unspecified atom stereocenters. The van der Waals surface area contributed by atoms with Crippen LogP contribution >= 0.6 is 12.4 Å². The molecule has 1 aromatic carbocycles. The molecule has 33 heavy (non-hydrogen) atoms. The molecule has 2 aliphatic rings. The second-order valence-electron chi connectivity index (χ2n) is 8.67. The van der Waals surface area contributed by atoms with Crippen LogP contribution in [0.15, 0.2) is 54.9 Å². The quantitative estimate of drug-likeness (QED) is 0.558. The fourth-order valence-electron chi connectivity index (χ4n) is 4.68. The van der Waals surface area contributed by atoms with Gasteiger partial charge < -0.3 is 10.1 Å². The van der Waals surface area contributed by atoms with E-state index in [1.54, 1.807) is 40.2 Å². The number of ether oxygens (including phenoxy) is 1. The Labute approximate surface area is 198 Å². The number of benzene rings is 1. The number of carbonyl (C=O) groups is 1. The predicted octanol–water partition coefficient (Wildman–Crippen LogP) is 5.13. The second kappa shape index (κ2) is 9.39. The Bertz CT molecular complexity index is 1130. The van der Waals surface area contributed by atoms with Crippen molar-refractivity contribution in [3.05, 3.63) is 66.4 Å². The number of hydrogen-bond donors (Lipinski definition) is 1. The zero-order valence-electron chi connectivity index (χ0n) is 18.4. The first kappa shape index (κ1) is 23.0. The van der Waals surface area contributed by atoms with Gasteiger partial charge in [0.25, 0.3) is 0 Å². The molecule has 1 saturated carbocycles. The Hall–Kier alpha value is -3.13. The maximum Gasteiger partial charge on any atom is 0.415 e. The zero-order valence-corrected chi connectivity index (χ0v) is 19.2. The number of pyridine rings is 1. The highest BCUT2D eigenvalue weighted by molar-refractivity contribution is 5.90. The molecular weight excluding hydrogens is 445 g/mol. The molecule has 3 heterocycles. The van der Waals surface area contributed by atoms with E-state index >= 15 is 0 Å². The van der Waals surface area contributed by atoms with Crippen molar-refractivity contribution in [2.24, 2.45) is 5.92 Å². The third-order valence-electron chi connectivity index (χ3n) is 6.52. The summed E-state index contributed by atoms with van der Waals surface area (Å²) in [5, 5.41) is 7.82. The third-order valence-corrected chi connectivity index (χ3v) is 6.52. The molecule has 1 saturated heterocycles. The molecule has 1 N–H and O–H groups in total. The molecule has 9 heteroatoms. The number of nitrogens with zero attached hydrogens (tertiary/aromatic N) is 4. The number of aryl methyl sites for hydroxylation is 1. The van der Waals surface area contributed by atoms with Crippen LogP contribution in [0.3, 0.4) is 0 Å². The first-order valence-electron chi connectivity index (χ1n) is 11.0. The second-order valence-corrected chi connectivity index (χ2v) is 8.67. The van der Waals surface area contributed by atoms with Gasteiger partial charge in [0, 0.05) is 25.0 Å². The van der Waals surface area contributed by atoms with Gasteiger partial charge in [-0.3, -0.25) is 9.88 Å². The Balaban J connectivity index is 0.00000259. The van der Waals surface area contributed by atoms with Crippen LogP contribution in [0, 0.1) is 18.7 Å². The van der Waals surface area contributed by atoms with Gasteiger partial charge in [0.1, 0.15) is 22.9 Å². The van der Waals surface area contributed by atoms with Crippen molar-refractivity contribution in [2.45, 2.75) is 38.2 Å². The highest BCUT2D eigenvalue weighted by atomic mass is 35.5. The summed E-state index contributed by atoms with van der Waals surface area (Å²) in [5.41, 5.74) is 1.66. The van der Waals surface area contributed by atoms with E-state index in [1.807, 2.05) is 25.1 Å². The molecule has 2 fully saturated rings. The molecule has 2 aromatic heterocycles. The first-order valence-corrected chi connectivity index (χ1v) is 11.0. The standard InChI is InChI=1S/C24H26FN5O2.ClH/c1-17-20(7-4-13-26-17)29-16-24(32-23(29)31)11-8-18(9-12-24)15-27-22-10-14-30(28-22)21-6-3-2-5-19(21)25;/h2-7,10,13-14,18H,8-9,11-12,15-16H2,1H3,(H,27,28);1H/t18-,24-;. The molecular formula is C24H27ClFN5O2. The Morgan fingerprint density at radius 3 is 2.67 bits per heavy atom. The van der Waals surface area contributed by atoms with E-state index in [2.05, 4.69) is 15.4 Å². The third kappa shape index (κ3) is 4.66. The number of halogens is 2. The zero-order chi connectivity index (χ0) is 22.1. The van der Waals surface area contributed by atoms with Crippen LogP contribution < -0.4 is 10.2 Å². The fourth-order valence-corrected chi connectivity index (χ4v) is 4.68. The molecule has 5 rings (SSSR count). The topological polar surface area (TPSA) is 72.3 Å². The van der Waals surface area contributed by atoms with Crippen LogP contribution in [0.2, 0.25) is 0 Å². The number of anilines is 2. The Kier molecular flexibility index (Phi) is 6.56. The molecule has 1 spiro atoms. The van der Waals surface area contributed by atoms with Crippen molar-refractivity contribution in [3.63, 3.8) is 0 Å².